The normalized spacial score (nSPS) is 49.2. The van der Waals surface area contributed by atoms with Gasteiger partial charge in [-0.05, 0) is 12.8 Å². The lowest BCUT2D eigenvalue weighted by Gasteiger charge is -2.33. The van der Waals surface area contributed by atoms with Crippen molar-refractivity contribution in [2.24, 2.45) is 0 Å². The Morgan fingerprint density at radius 1 is 1.17 bits per heavy atom. The van der Waals surface area contributed by atoms with Crippen molar-refractivity contribution >= 4 is 0 Å². The molecule has 0 bridgehead atoms. The van der Waals surface area contributed by atoms with Crippen LogP contribution in [0.1, 0.15) is 12.8 Å². The largest absolute Gasteiger partial charge is 0.393 e. The third-order valence-electron chi connectivity index (χ3n) is 2.94. The van der Waals surface area contributed by atoms with E-state index in [9.17, 15) is 15.3 Å². The lowest BCUT2D eigenvalue weighted by molar-refractivity contribution is 0.00403. The number of aliphatic hydroxyl groups is 3. The van der Waals surface area contributed by atoms with Gasteiger partial charge in [0.25, 0.3) is 0 Å². The van der Waals surface area contributed by atoms with E-state index in [0.29, 0.717) is 13.0 Å². The van der Waals surface area contributed by atoms with Gasteiger partial charge in [-0.1, -0.05) is 0 Å². The minimum atomic E-state index is -0.667. The summed E-state index contributed by atoms with van der Waals surface area (Å²) in [7, 11) is 0. The SMILES string of the molecule is O[C@@H]1CCN2C[C@H](O)[C@@H](O)[C@@H]2C1. The topological polar surface area (TPSA) is 63.9 Å². The molecule has 4 atom stereocenters. The molecule has 2 saturated heterocycles. The zero-order chi connectivity index (χ0) is 8.72. The van der Waals surface area contributed by atoms with Crippen LogP contribution in [0, 0.1) is 0 Å². The number of hydrogen-bond donors (Lipinski definition) is 3. The predicted octanol–water partition coefficient (Wildman–Crippen LogP) is -1.45. The van der Waals surface area contributed by atoms with Crippen LogP contribution in [0.3, 0.4) is 0 Å². The summed E-state index contributed by atoms with van der Waals surface area (Å²) in [4.78, 5) is 2.06. The van der Waals surface area contributed by atoms with Crippen molar-refractivity contribution < 1.29 is 15.3 Å². The van der Waals surface area contributed by atoms with Gasteiger partial charge in [0, 0.05) is 19.1 Å². The molecule has 2 aliphatic heterocycles. The number of nitrogens with zero attached hydrogens (tertiary/aromatic N) is 1. The Balaban J connectivity index is 2.05. The van der Waals surface area contributed by atoms with Crippen molar-refractivity contribution in [1.82, 2.24) is 4.90 Å². The molecule has 12 heavy (non-hydrogen) atoms. The summed E-state index contributed by atoms with van der Waals surface area (Å²) in [5.74, 6) is 0. The molecule has 4 heteroatoms. The standard InChI is InChI=1S/C8H15NO3/c10-5-1-2-9-4-7(11)8(12)6(9)3-5/h5-8,10-12H,1-4H2/t5-,6+,7+,8+/m1/s1. The van der Waals surface area contributed by atoms with Crippen molar-refractivity contribution in [3.63, 3.8) is 0 Å². The summed E-state index contributed by atoms with van der Waals surface area (Å²) >= 11 is 0. The predicted molar refractivity (Wildman–Crippen MR) is 42.6 cm³/mol. The van der Waals surface area contributed by atoms with Crippen LogP contribution in [-0.4, -0.2) is 57.7 Å². The number of aliphatic hydroxyl groups excluding tert-OH is 3. The number of fused-ring (bicyclic) bond motifs is 1. The first-order chi connectivity index (χ1) is 5.68. The van der Waals surface area contributed by atoms with Gasteiger partial charge < -0.3 is 15.3 Å². The van der Waals surface area contributed by atoms with Gasteiger partial charge in [-0.2, -0.15) is 0 Å². The molecule has 0 amide bonds. The lowest BCUT2D eigenvalue weighted by atomic mass is 9.98. The summed E-state index contributed by atoms with van der Waals surface area (Å²) in [6, 6.07) is -0.0243. The Hall–Kier alpha value is -0.160. The summed E-state index contributed by atoms with van der Waals surface area (Å²) in [5, 5.41) is 28.2. The highest BCUT2D eigenvalue weighted by atomic mass is 16.3. The number of rotatable bonds is 0. The van der Waals surface area contributed by atoms with Crippen LogP contribution >= 0.6 is 0 Å². The van der Waals surface area contributed by atoms with Crippen molar-refractivity contribution in [2.45, 2.75) is 37.2 Å². The first-order valence-electron chi connectivity index (χ1n) is 4.46. The molecule has 2 fully saturated rings. The molecule has 0 aromatic carbocycles. The number of hydrogen-bond acceptors (Lipinski definition) is 4. The van der Waals surface area contributed by atoms with Crippen LogP contribution in [0.15, 0.2) is 0 Å². The molecule has 0 unspecified atom stereocenters. The second kappa shape index (κ2) is 2.96. The van der Waals surface area contributed by atoms with E-state index in [4.69, 9.17) is 0 Å². The zero-order valence-electron chi connectivity index (χ0n) is 6.93. The van der Waals surface area contributed by atoms with Crippen LogP contribution in [0.5, 0.6) is 0 Å². The molecule has 0 saturated carbocycles. The first kappa shape index (κ1) is 8.44. The Labute approximate surface area is 71.4 Å². The van der Waals surface area contributed by atoms with E-state index in [2.05, 4.69) is 4.90 Å². The monoisotopic (exact) mass is 173 g/mol. The number of piperidine rings is 1. The fraction of sp³-hybridized carbons (Fsp3) is 1.00. The van der Waals surface area contributed by atoms with Crippen molar-refractivity contribution in [2.75, 3.05) is 13.1 Å². The van der Waals surface area contributed by atoms with Crippen molar-refractivity contribution in [3.05, 3.63) is 0 Å². The van der Waals surface area contributed by atoms with Gasteiger partial charge in [-0.25, -0.2) is 0 Å². The summed E-state index contributed by atoms with van der Waals surface area (Å²) < 4.78 is 0. The summed E-state index contributed by atoms with van der Waals surface area (Å²) in [6.07, 6.45) is -0.236. The van der Waals surface area contributed by atoms with Crippen LogP contribution in [-0.2, 0) is 0 Å². The highest BCUT2D eigenvalue weighted by Gasteiger charge is 2.42. The molecular formula is C8H15NO3. The third kappa shape index (κ3) is 1.25. The average Bonchev–Trinajstić information content (AvgIpc) is 2.31. The van der Waals surface area contributed by atoms with E-state index < -0.39 is 12.2 Å². The average molecular weight is 173 g/mol. The van der Waals surface area contributed by atoms with Gasteiger partial charge in [0.15, 0.2) is 0 Å². The second-order valence-corrected chi connectivity index (χ2v) is 3.80. The summed E-state index contributed by atoms with van der Waals surface area (Å²) in [5.41, 5.74) is 0. The van der Waals surface area contributed by atoms with Crippen molar-refractivity contribution in [3.8, 4) is 0 Å². The smallest absolute Gasteiger partial charge is 0.0967 e. The lowest BCUT2D eigenvalue weighted by Crippen LogP contribution is -2.44. The molecular weight excluding hydrogens is 158 g/mol. The van der Waals surface area contributed by atoms with Crippen LogP contribution in [0.2, 0.25) is 0 Å². The molecule has 70 valence electrons. The van der Waals surface area contributed by atoms with E-state index in [1.54, 1.807) is 0 Å². The van der Waals surface area contributed by atoms with E-state index in [1.165, 1.54) is 0 Å². The maximum Gasteiger partial charge on any atom is 0.0967 e. The van der Waals surface area contributed by atoms with E-state index in [1.807, 2.05) is 0 Å². The molecule has 4 nitrogen and oxygen atoms in total. The molecule has 2 aliphatic rings. The molecule has 0 aromatic rings. The van der Waals surface area contributed by atoms with Gasteiger partial charge >= 0.3 is 0 Å². The Morgan fingerprint density at radius 2 is 1.92 bits per heavy atom. The van der Waals surface area contributed by atoms with Crippen LogP contribution in [0.4, 0.5) is 0 Å². The Kier molecular flexibility index (Phi) is 2.08. The van der Waals surface area contributed by atoms with Gasteiger partial charge in [0.05, 0.1) is 18.3 Å². The second-order valence-electron chi connectivity index (χ2n) is 3.80. The fourth-order valence-electron chi connectivity index (χ4n) is 2.21. The van der Waals surface area contributed by atoms with Gasteiger partial charge in [-0.15, -0.1) is 0 Å². The molecule has 0 aromatic heterocycles. The summed E-state index contributed by atoms with van der Waals surface area (Å²) in [6.45, 7) is 1.35. The van der Waals surface area contributed by atoms with Gasteiger partial charge in [-0.3, -0.25) is 4.90 Å². The molecule has 2 rings (SSSR count). The van der Waals surface area contributed by atoms with Crippen LogP contribution in [0.25, 0.3) is 0 Å². The molecule has 0 aliphatic carbocycles. The third-order valence-corrected chi connectivity index (χ3v) is 2.94. The van der Waals surface area contributed by atoms with E-state index >= 15 is 0 Å². The fourth-order valence-corrected chi connectivity index (χ4v) is 2.21. The van der Waals surface area contributed by atoms with Crippen molar-refractivity contribution in [1.29, 1.82) is 0 Å². The molecule has 0 radical (unpaired) electrons. The Bertz CT molecular complexity index is 176. The molecule has 0 spiro atoms. The highest BCUT2D eigenvalue weighted by Crippen LogP contribution is 2.27. The molecule has 2 heterocycles. The highest BCUT2D eigenvalue weighted by molar-refractivity contribution is 4.97. The quantitative estimate of drug-likeness (QED) is 0.419. The van der Waals surface area contributed by atoms with Gasteiger partial charge in [0.2, 0.25) is 0 Å². The first-order valence-corrected chi connectivity index (χ1v) is 4.46. The van der Waals surface area contributed by atoms with Crippen LogP contribution < -0.4 is 0 Å². The minimum Gasteiger partial charge on any atom is -0.393 e. The zero-order valence-corrected chi connectivity index (χ0v) is 6.93. The van der Waals surface area contributed by atoms with E-state index in [0.717, 1.165) is 13.0 Å². The maximum atomic E-state index is 9.51. The van der Waals surface area contributed by atoms with Gasteiger partial charge in [0.1, 0.15) is 0 Å². The Morgan fingerprint density at radius 3 is 2.67 bits per heavy atom. The maximum absolute atomic E-state index is 9.51. The minimum absolute atomic E-state index is 0.0243. The van der Waals surface area contributed by atoms with E-state index in [-0.39, 0.29) is 12.1 Å². The molecule has 3 N–H and O–H groups in total.